The molecule has 0 aliphatic carbocycles. The van der Waals surface area contributed by atoms with Crippen LogP contribution < -0.4 is 17.0 Å². The van der Waals surface area contributed by atoms with E-state index in [-0.39, 0.29) is 17.0 Å². The Kier molecular flexibility index (Phi) is 42.3. The third-order valence-corrected chi connectivity index (χ3v) is 0.492. The maximum absolute atomic E-state index is 4.66. The Labute approximate surface area is 80.5 Å². The van der Waals surface area contributed by atoms with E-state index in [1.54, 1.807) is 14.2 Å². The second-order valence-corrected chi connectivity index (χ2v) is 0.986. The van der Waals surface area contributed by atoms with E-state index in [1.807, 2.05) is 26.8 Å². The van der Waals surface area contributed by atoms with E-state index in [0.29, 0.717) is 13.2 Å². The number of methoxy groups -OCH3 is 2. The van der Waals surface area contributed by atoms with Gasteiger partial charge in [0.15, 0.2) is 0 Å². The molecule has 2 nitrogen and oxygen atoms in total. The SMILES string of the molecule is COCCOC.[Br-].[CH3][Mg+]. The van der Waals surface area contributed by atoms with Crippen molar-refractivity contribution in [2.75, 3.05) is 27.4 Å². The van der Waals surface area contributed by atoms with Crippen LogP contribution in [-0.4, -0.2) is 49.1 Å². The summed E-state index contributed by atoms with van der Waals surface area (Å²) in [6, 6.07) is 0. The Bertz CT molecular complexity index is 26.9. The van der Waals surface area contributed by atoms with Crippen LogP contribution in [0.25, 0.3) is 0 Å². The monoisotopic (exact) mass is 208 g/mol. The molecule has 0 aromatic carbocycles. The maximum atomic E-state index is 4.66. The van der Waals surface area contributed by atoms with Gasteiger partial charge in [-0.1, -0.05) is 0 Å². The molecular formula is C5H13BrMgO2. The van der Waals surface area contributed by atoms with Gasteiger partial charge in [-0.05, 0) is 0 Å². The van der Waals surface area contributed by atoms with E-state index in [9.17, 15) is 0 Å². The number of ether oxygens (including phenoxy) is 2. The summed E-state index contributed by atoms with van der Waals surface area (Å²) in [7, 11) is 3.30. The van der Waals surface area contributed by atoms with Gasteiger partial charge >= 0.3 is 26.8 Å². The quantitative estimate of drug-likeness (QED) is 0.377. The van der Waals surface area contributed by atoms with Crippen LogP contribution in [0.15, 0.2) is 0 Å². The molecule has 0 radical (unpaired) electrons. The zero-order chi connectivity index (χ0) is 6.83. The molecule has 0 spiro atoms. The number of rotatable bonds is 3. The van der Waals surface area contributed by atoms with Gasteiger partial charge in [0.25, 0.3) is 0 Å². The van der Waals surface area contributed by atoms with Crippen LogP contribution in [0, 0.1) is 0 Å². The molecule has 0 unspecified atom stereocenters. The summed E-state index contributed by atoms with van der Waals surface area (Å²) >= 11 is 1.86. The summed E-state index contributed by atoms with van der Waals surface area (Å²) in [5.41, 5.74) is 0. The van der Waals surface area contributed by atoms with Gasteiger partial charge in [-0.25, -0.2) is 0 Å². The molecule has 0 aromatic heterocycles. The first-order valence-electron chi connectivity index (χ1n) is 2.60. The summed E-state index contributed by atoms with van der Waals surface area (Å²) < 4.78 is 9.31. The summed E-state index contributed by atoms with van der Waals surface area (Å²) in [6.07, 6.45) is 0. The van der Waals surface area contributed by atoms with Gasteiger partial charge in [0.05, 0.1) is 13.2 Å². The van der Waals surface area contributed by atoms with Gasteiger partial charge in [0, 0.05) is 14.2 Å². The molecule has 0 N–H and O–H groups in total. The molecule has 0 fully saturated rings. The van der Waals surface area contributed by atoms with Crippen molar-refractivity contribution in [3.8, 4) is 0 Å². The van der Waals surface area contributed by atoms with Crippen LogP contribution in [0.1, 0.15) is 0 Å². The van der Waals surface area contributed by atoms with Crippen molar-refractivity contribution < 1.29 is 26.5 Å². The number of hydrogen-bond donors (Lipinski definition) is 0. The van der Waals surface area contributed by atoms with Crippen molar-refractivity contribution in [1.82, 2.24) is 0 Å². The Hall–Kier alpha value is 1.17. The molecule has 0 atom stereocenters. The molecule has 0 saturated carbocycles. The fourth-order valence-corrected chi connectivity index (χ4v) is 0.167. The average Bonchev–Trinajstić information content (AvgIpc) is 1.88. The minimum absolute atomic E-state index is 0. The molecule has 54 valence electrons. The first kappa shape index (κ1) is 16.6. The van der Waals surface area contributed by atoms with Crippen LogP contribution in [0.4, 0.5) is 0 Å². The number of halogens is 1. The average molecular weight is 209 g/mol. The van der Waals surface area contributed by atoms with E-state index < -0.39 is 0 Å². The standard InChI is InChI=1S/C4H10O2.CH3.BrH.Mg/c1-5-3-4-6-2;;;/h3-4H2,1-2H3;1H3;1H;/q;;;+1/p-1. The van der Waals surface area contributed by atoms with E-state index in [1.165, 1.54) is 0 Å². The fraction of sp³-hybridized carbons (Fsp3) is 1.00. The molecule has 0 aromatic rings. The topological polar surface area (TPSA) is 18.5 Å². The van der Waals surface area contributed by atoms with Crippen molar-refractivity contribution in [2.45, 2.75) is 5.05 Å². The first-order valence-corrected chi connectivity index (χ1v) is 4.02. The third kappa shape index (κ3) is 27.1. The van der Waals surface area contributed by atoms with Crippen molar-refractivity contribution in [3.05, 3.63) is 0 Å². The van der Waals surface area contributed by atoms with Crippen LogP contribution >= 0.6 is 0 Å². The molecule has 0 rings (SSSR count). The molecule has 0 aliphatic heterocycles. The minimum atomic E-state index is 0. The Morgan fingerprint density at radius 2 is 1.22 bits per heavy atom. The first-order chi connectivity index (χ1) is 3.91. The van der Waals surface area contributed by atoms with Crippen LogP contribution in [0.5, 0.6) is 0 Å². The molecule has 0 amide bonds. The van der Waals surface area contributed by atoms with Crippen molar-refractivity contribution in [1.29, 1.82) is 0 Å². The zero-order valence-corrected chi connectivity index (χ0v) is 9.32. The molecule has 0 aliphatic rings. The van der Waals surface area contributed by atoms with Gasteiger partial charge in [-0.3, -0.25) is 0 Å². The molecule has 9 heavy (non-hydrogen) atoms. The Morgan fingerprint density at radius 3 is 1.33 bits per heavy atom. The van der Waals surface area contributed by atoms with Gasteiger partial charge < -0.3 is 26.5 Å². The van der Waals surface area contributed by atoms with E-state index in [4.69, 9.17) is 0 Å². The van der Waals surface area contributed by atoms with E-state index in [0.717, 1.165) is 0 Å². The van der Waals surface area contributed by atoms with E-state index >= 15 is 0 Å². The summed E-state index contributed by atoms with van der Waals surface area (Å²) in [6.45, 7) is 1.38. The van der Waals surface area contributed by atoms with Crippen LogP contribution in [0.2, 0.25) is 5.05 Å². The molecule has 0 heterocycles. The van der Waals surface area contributed by atoms with Crippen molar-refractivity contribution in [2.24, 2.45) is 0 Å². The van der Waals surface area contributed by atoms with Gasteiger partial charge in [0.1, 0.15) is 0 Å². The van der Waals surface area contributed by atoms with Crippen molar-refractivity contribution >= 4 is 21.7 Å². The summed E-state index contributed by atoms with van der Waals surface area (Å²) in [5, 5.41) is 2.03. The second-order valence-electron chi connectivity index (χ2n) is 0.986. The van der Waals surface area contributed by atoms with Crippen molar-refractivity contribution in [3.63, 3.8) is 0 Å². The normalized spacial score (nSPS) is 6.78. The summed E-state index contributed by atoms with van der Waals surface area (Å²) in [5.74, 6) is 0. The Balaban J connectivity index is -0.000000109. The Morgan fingerprint density at radius 1 is 1.00 bits per heavy atom. The number of hydrogen-bond acceptors (Lipinski definition) is 2. The second kappa shape index (κ2) is 22.9. The van der Waals surface area contributed by atoms with E-state index in [2.05, 4.69) is 9.47 Å². The third-order valence-electron chi connectivity index (χ3n) is 0.492. The summed E-state index contributed by atoms with van der Waals surface area (Å²) in [4.78, 5) is 0. The van der Waals surface area contributed by atoms with Gasteiger partial charge in [0.2, 0.25) is 0 Å². The molecule has 0 bridgehead atoms. The van der Waals surface area contributed by atoms with Crippen LogP contribution in [-0.2, 0) is 9.47 Å². The zero-order valence-electron chi connectivity index (χ0n) is 6.32. The van der Waals surface area contributed by atoms with Gasteiger partial charge in [-0.2, -0.15) is 0 Å². The predicted octanol–water partition coefficient (Wildman–Crippen LogP) is -2.51. The molecule has 0 saturated heterocycles. The fourth-order valence-electron chi connectivity index (χ4n) is 0.167. The molecular weight excluding hydrogens is 196 g/mol. The van der Waals surface area contributed by atoms with Gasteiger partial charge in [-0.15, -0.1) is 0 Å². The predicted molar refractivity (Wildman–Crippen MR) is 35.4 cm³/mol. The van der Waals surface area contributed by atoms with Crippen LogP contribution in [0.3, 0.4) is 0 Å². The molecule has 4 heteroatoms.